The molecular formula is C12H12N4O3. The van der Waals surface area contributed by atoms with Crippen molar-refractivity contribution in [1.29, 1.82) is 0 Å². The Morgan fingerprint density at radius 2 is 2.16 bits per heavy atom. The minimum absolute atomic E-state index is 0.146. The summed E-state index contributed by atoms with van der Waals surface area (Å²) in [6, 6.07) is 4.27. The van der Waals surface area contributed by atoms with Gasteiger partial charge in [-0.15, -0.1) is 0 Å². The van der Waals surface area contributed by atoms with Crippen molar-refractivity contribution < 1.29 is 9.72 Å². The number of carbonyl (C=O) groups excluding carboxylic acids is 1. The lowest BCUT2D eigenvalue weighted by Crippen LogP contribution is -1.98. The standard InChI is InChI=1S/C12H12N4O3/c1-8-11(6-15(2)14-8)13-10-4-3-9(7-17)5-12(10)16(18)19/h3-7,13H,1-2H3. The normalized spacial score (nSPS) is 10.2. The quantitative estimate of drug-likeness (QED) is 0.517. The van der Waals surface area contributed by atoms with E-state index in [1.165, 1.54) is 18.2 Å². The van der Waals surface area contributed by atoms with Gasteiger partial charge in [-0.2, -0.15) is 5.10 Å². The number of nitro benzene ring substituents is 1. The number of nitro groups is 1. The third kappa shape index (κ3) is 2.59. The predicted octanol–water partition coefficient (Wildman–Crippen LogP) is 2.19. The number of carbonyl (C=O) groups is 1. The molecule has 2 aromatic rings. The van der Waals surface area contributed by atoms with E-state index in [0.29, 0.717) is 17.7 Å². The molecule has 2 rings (SSSR count). The smallest absolute Gasteiger partial charge is 0.293 e. The Hall–Kier alpha value is -2.70. The number of benzene rings is 1. The summed E-state index contributed by atoms with van der Waals surface area (Å²) in [6.07, 6.45) is 2.30. The third-order valence-corrected chi connectivity index (χ3v) is 2.64. The minimum atomic E-state index is -0.527. The van der Waals surface area contributed by atoms with Crippen LogP contribution in [0.2, 0.25) is 0 Å². The summed E-state index contributed by atoms with van der Waals surface area (Å²) in [7, 11) is 1.77. The van der Waals surface area contributed by atoms with Crippen molar-refractivity contribution in [2.24, 2.45) is 7.05 Å². The zero-order valence-electron chi connectivity index (χ0n) is 10.5. The zero-order valence-corrected chi connectivity index (χ0v) is 10.5. The van der Waals surface area contributed by atoms with Crippen molar-refractivity contribution in [1.82, 2.24) is 9.78 Å². The molecule has 7 nitrogen and oxygen atoms in total. The van der Waals surface area contributed by atoms with Crippen molar-refractivity contribution in [3.8, 4) is 0 Å². The van der Waals surface area contributed by atoms with Crippen LogP contribution in [0.4, 0.5) is 17.1 Å². The van der Waals surface area contributed by atoms with Crippen LogP contribution in [-0.2, 0) is 7.05 Å². The molecule has 0 aliphatic carbocycles. The van der Waals surface area contributed by atoms with Crippen LogP contribution in [0.25, 0.3) is 0 Å². The first-order chi connectivity index (χ1) is 9.01. The molecule has 1 aromatic heterocycles. The molecule has 0 aliphatic heterocycles. The first-order valence-corrected chi connectivity index (χ1v) is 5.52. The van der Waals surface area contributed by atoms with Crippen LogP contribution in [0, 0.1) is 17.0 Å². The van der Waals surface area contributed by atoms with E-state index >= 15 is 0 Å². The summed E-state index contributed by atoms with van der Waals surface area (Å²) in [5.41, 5.74) is 1.86. The molecule has 19 heavy (non-hydrogen) atoms. The number of hydrogen-bond acceptors (Lipinski definition) is 5. The largest absolute Gasteiger partial charge is 0.347 e. The van der Waals surface area contributed by atoms with Crippen molar-refractivity contribution in [2.45, 2.75) is 6.92 Å². The molecule has 0 radical (unpaired) electrons. The maximum Gasteiger partial charge on any atom is 0.293 e. The van der Waals surface area contributed by atoms with Gasteiger partial charge < -0.3 is 5.32 Å². The van der Waals surface area contributed by atoms with Gasteiger partial charge in [0, 0.05) is 24.9 Å². The Kier molecular flexibility index (Phi) is 3.28. The van der Waals surface area contributed by atoms with E-state index < -0.39 is 4.92 Å². The van der Waals surface area contributed by atoms with Gasteiger partial charge in [-0.25, -0.2) is 0 Å². The van der Waals surface area contributed by atoms with Gasteiger partial charge in [0.1, 0.15) is 12.0 Å². The summed E-state index contributed by atoms with van der Waals surface area (Å²) < 4.78 is 1.61. The summed E-state index contributed by atoms with van der Waals surface area (Å²) in [6.45, 7) is 1.80. The highest BCUT2D eigenvalue weighted by molar-refractivity contribution is 5.80. The minimum Gasteiger partial charge on any atom is -0.347 e. The summed E-state index contributed by atoms with van der Waals surface area (Å²) >= 11 is 0. The molecule has 1 aromatic carbocycles. The number of aldehydes is 1. The second-order valence-electron chi connectivity index (χ2n) is 4.08. The molecule has 1 N–H and O–H groups in total. The van der Waals surface area contributed by atoms with Crippen LogP contribution in [0.5, 0.6) is 0 Å². The van der Waals surface area contributed by atoms with E-state index in [1.54, 1.807) is 24.9 Å². The van der Waals surface area contributed by atoms with E-state index in [4.69, 9.17) is 0 Å². The number of nitrogens with zero attached hydrogens (tertiary/aromatic N) is 3. The predicted molar refractivity (Wildman–Crippen MR) is 69.7 cm³/mol. The summed E-state index contributed by atoms with van der Waals surface area (Å²) in [4.78, 5) is 21.1. The number of rotatable bonds is 4. The first-order valence-electron chi connectivity index (χ1n) is 5.52. The van der Waals surface area contributed by atoms with Crippen molar-refractivity contribution in [3.63, 3.8) is 0 Å². The Morgan fingerprint density at radius 1 is 1.42 bits per heavy atom. The fourth-order valence-corrected chi connectivity index (χ4v) is 1.75. The molecular weight excluding hydrogens is 248 g/mol. The molecule has 98 valence electrons. The second-order valence-corrected chi connectivity index (χ2v) is 4.08. The number of anilines is 2. The van der Waals surface area contributed by atoms with Gasteiger partial charge in [0.15, 0.2) is 0 Å². The number of hydrogen-bond donors (Lipinski definition) is 1. The molecule has 0 spiro atoms. The topological polar surface area (TPSA) is 90.1 Å². The van der Waals surface area contributed by atoms with Crippen molar-refractivity contribution in [3.05, 3.63) is 45.8 Å². The molecule has 1 heterocycles. The van der Waals surface area contributed by atoms with Crippen LogP contribution in [-0.4, -0.2) is 21.0 Å². The van der Waals surface area contributed by atoms with E-state index in [2.05, 4.69) is 10.4 Å². The molecule has 0 saturated heterocycles. The number of aryl methyl sites for hydroxylation is 2. The fraction of sp³-hybridized carbons (Fsp3) is 0.167. The summed E-state index contributed by atoms with van der Waals surface area (Å²) in [5, 5.41) is 18.1. The van der Waals surface area contributed by atoms with Crippen molar-refractivity contribution >= 4 is 23.3 Å². The van der Waals surface area contributed by atoms with Crippen LogP contribution in [0.3, 0.4) is 0 Å². The van der Waals surface area contributed by atoms with Crippen LogP contribution < -0.4 is 5.32 Å². The van der Waals surface area contributed by atoms with Crippen LogP contribution in [0.15, 0.2) is 24.4 Å². The number of nitrogens with one attached hydrogen (secondary N) is 1. The molecule has 0 unspecified atom stereocenters. The Bertz CT molecular complexity index is 648. The van der Waals surface area contributed by atoms with Gasteiger partial charge in [-0.1, -0.05) is 0 Å². The van der Waals surface area contributed by atoms with Crippen LogP contribution >= 0.6 is 0 Å². The fourth-order valence-electron chi connectivity index (χ4n) is 1.75. The van der Waals surface area contributed by atoms with E-state index in [-0.39, 0.29) is 11.3 Å². The van der Waals surface area contributed by atoms with Crippen molar-refractivity contribution in [2.75, 3.05) is 5.32 Å². The lowest BCUT2D eigenvalue weighted by molar-refractivity contribution is -0.383. The average Bonchev–Trinajstić information content (AvgIpc) is 2.68. The van der Waals surface area contributed by atoms with E-state index in [9.17, 15) is 14.9 Å². The Morgan fingerprint density at radius 3 is 2.68 bits per heavy atom. The lowest BCUT2D eigenvalue weighted by Gasteiger charge is -2.06. The van der Waals surface area contributed by atoms with Gasteiger partial charge in [-0.05, 0) is 19.1 Å². The second kappa shape index (κ2) is 4.89. The maximum atomic E-state index is 11.0. The molecule has 7 heteroatoms. The highest BCUT2D eigenvalue weighted by Gasteiger charge is 2.16. The zero-order chi connectivity index (χ0) is 14.0. The third-order valence-electron chi connectivity index (χ3n) is 2.64. The monoisotopic (exact) mass is 260 g/mol. The van der Waals surface area contributed by atoms with Gasteiger partial charge in [-0.3, -0.25) is 19.6 Å². The molecule has 0 amide bonds. The molecule has 0 bridgehead atoms. The van der Waals surface area contributed by atoms with E-state index in [0.717, 1.165) is 5.69 Å². The highest BCUT2D eigenvalue weighted by Crippen LogP contribution is 2.29. The molecule has 0 saturated carbocycles. The van der Waals surface area contributed by atoms with Gasteiger partial charge in [0.25, 0.3) is 5.69 Å². The highest BCUT2D eigenvalue weighted by atomic mass is 16.6. The van der Waals surface area contributed by atoms with Crippen LogP contribution in [0.1, 0.15) is 16.1 Å². The maximum absolute atomic E-state index is 11.0. The number of aromatic nitrogens is 2. The van der Waals surface area contributed by atoms with E-state index in [1.807, 2.05) is 0 Å². The Labute approximate surface area is 109 Å². The van der Waals surface area contributed by atoms with Gasteiger partial charge in [0.05, 0.1) is 16.3 Å². The van der Waals surface area contributed by atoms with Gasteiger partial charge >= 0.3 is 0 Å². The molecule has 0 aliphatic rings. The average molecular weight is 260 g/mol. The molecule has 0 atom stereocenters. The Balaban J connectivity index is 2.42. The summed E-state index contributed by atoms with van der Waals surface area (Å²) in [5.74, 6) is 0. The first kappa shape index (κ1) is 12.7. The molecule has 0 fully saturated rings. The SMILES string of the molecule is Cc1nn(C)cc1Nc1ccc(C=O)cc1[N+](=O)[O-]. The lowest BCUT2D eigenvalue weighted by atomic mass is 10.2. The van der Waals surface area contributed by atoms with Gasteiger partial charge in [0.2, 0.25) is 0 Å².